The zero-order chi connectivity index (χ0) is 19.2. The number of halogens is 1. The van der Waals surface area contributed by atoms with Crippen LogP contribution < -0.4 is 4.90 Å². The van der Waals surface area contributed by atoms with Gasteiger partial charge in [0.05, 0.1) is 6.20 Å². The van der Waals surface area contributed by atoms with Crippen LogP contribution in [0.2, 0.25) is 5.15 Å². The van der Waals surface area contributed by atoms with E-state index in [1.807, 2.05) is 31.0 Å². The molecule has 1 aromatic rings. The van der Waals surface area contributed by atoms with E-state index in [9.17, 15) is 4.79 Å². The van der Waals surface area contributed by atoms with Crippen LogP contribution in [-0.4, -0.2) is 40.0 Å². The molecule has 2 rings (SSSR count). The lowest BCUT2D eigenvalue weighted by Gasteiger charge is -2.41. The number of nitrogens with zero attached hydrogens (tertiary/aromatic N) is 4. The molecule has 0 bridgehead atoms. The second-order valence-corrected chi connectivity index (χ2v) is 8.18. The van der Waals surface area contributed by atoms with E-state index < -0.39 is 0 Å². The van der Waals surface area contributed by atoms with E-state index in [-0.39, 0.29) is 10.7 Å². The third kappa shape index (κ3) is 4.80. The minimum atomic E-state index is 0.101. The van der Waals surface area contributed by atoms with Crippen LogP contribution in [-0.2, 0) is 4.79 Å². The van der Waals surface area contributed by atoms with Gasteiger partial charge in [0.25, 0.3) is 0 Å². The second kappa shape index (κ2) is 9.42. The Morgan fingerprint density at radius 2 is 2.31 bits per heavy atom. The standard InChI is InChI=1S/C19H27ClN4OS/c1-5-12-23(17(25)13-19(26-4)9-7-10-19)16-14-24(22-18(16)20)15(2)8-6-11-21-3/h6,8,11,14H,3,5,7,9-10,12-13H2,1-2,4H3/b11-6-,15-8+. The summed E-state index contributed by atoms with van der Waals surface area (Å²) in [6.45, 7) is 8.02. The van der Waals surface area contributed by atoms with E-state index in [2.05, 4.69) is 30.0 Å². The molecule has 1 aliphatic carbocycles. The van der Waals surface area contributed by atoms with Crippen LogP contribution in [0.5, 0.6) is 0 Å². The summed E-state index contributed by atoms with van der Waals surface area (Å²) >= 11 is 8.18. The van der Waals surface area contributed by atoms with E-state index in [1.165, 1.54) is 6.42 Å². The third-order valence-corrected chi connectivity index (χ3v) is 6.44. The van der Waals surface area contributed by atoms with E-state index in [1.54, 1.807) is 21.9 Å². The first kappa shape index (κ1) is 20.8. The fourth-order valence-corrected chi connectivity index (χ4v) is 4.22. The van der Waals surface area contributed by atoms with Crippen molar-refractivity contribution in [2.45, 2.75) is 50.7 Å². The molecule has 1 fully saturated rings. The van der Waals surface area contributed by atoms with Gasteiger partial charge < -0.3 is 4.90 Å². The number of carbonyl (C=O) groups is 1. The smallest absolute Gasteiger partial charge is 0.228 e. The van der Waals surface area contributed by atoms with Crippen molar-refractivity contribution in [3.05, 3.63) is 29.7 Å². The van der Waals surface area contributed by atoms with Crippen molar-refractivity contribution >= 4 is 47.4 Å². The number of thioether (sulfide) groups is 1. The summed E-state index contributed by atoms with van der Waals surface area (Å²) in [7, 11) is 0. The van der Waals surface area contributed by atoms with Crippen molar-refractivity contribution in [2.75, 3.05) is 17.7 Å². The Hall–Kier alpha value is -1.53. The number of anilines is 1. The quantitative estimate of drug-likeness (QED) is 0.436. The van der Waals surface area contributed by atoms with Gasteiger partial charge in [-0.2, -0.15) is 16.9 Å². The lowest BCUT2D eigenvalue weighted by Crippen LogP contribution is -2.42. The molecule has 142 valence electrons. The predicted octanol–water partition coefficient (Wildman–Crippen LogP) is 5.03. The molecule has 0 aromatic carbocycles. The van der Waals surface area contributed by atoms with Crippen LogP contribution in [0.3, 0.4) is 0 Å². The molecule has 5 nitrogen and oxygen atoms in total. The van der Waals surface area contributed by atoms with Crippen molar-refractivity contribution in [2.24, 2.45) is 4.99 Å². The Labute approximate surface area is 165 Å². The van der Waals surface area contributed by atoms with E-state index >= 15 is 0 Å². The number of allylic oxidation sites excluding steroid dienone is 3. The van der Waals surface area contributed by atoms with Crippen LogP contribution in [0, 0.1) is 0 Å². The average Bonchev–Trinajstić information content (AvgIpc) is 2.97. The summed E-state index contributed by atoms with van der Waals surface area (Å²) in [5.74, 6) is 0.125. The molecule has 0 aliphatic heterocycles. The second-order valence-electron chi connectivity index (χ2n) is 6.54. The number of rotatable bonds is 9. The van der Waals surface area contributed by atoms with Gasteiger partial charge in [0.15, 0.2) is 5.15 Å². The molecule has 0 unspecified atom stereocenters. The summed E-state index contributed by atoms with van der Waals surface area (Å²) in [6, 6.07) is 0. The van der Waals surface area contributed by atoms with Gasteiger partial charge >= 0.3 is 0 Å². The van der Waals surface area contributed by atoms with Crippen molar-refractivity contribution in [3.8, 4) is 0 Å². The minimum absolute atomic E-state index is 0.101. The van der Waals surface area contributed by atoms with Gasteiger partial charge in [-0.3, -0.25) is 9.79 Å². The summed E-state index contributed by atoms with van der Waals surface area (Å²) < 4.78 is 1.79. The molecule has 0 saturated heterocycles. The molecule has 1 amide bonds. The Bertz CT molecular complexity index is 701. The molecular formula is C19H27ClN4OS. The summed E-state index contributed by atoms with van der Waals surface area (Å²) in [5.41, 5.74) is 1.55. The highest BCUT2D eigenvalue weighted by atomic mass is 35.5. The molecule has 26 heavy (non-hydrogen) atoms. The fourth-order valence-electron chi connectivity index (χ4n) is 3.02. The highest BCUT2D eigenvalue weighted by molar-refractivity contribution is 8.00. The van der Waals surface area contributed by atoms with E-state index in [0.29, 0.717) is 23.8 Å². The maximum absolute atomic E-state index is 13.0. The number of hydrogen-bond donors (Lipinski definition) is 0. The number of aliphatic imine (C=N–C) groups is 1. The number of carbonyl (C=O) groups excluding carboxylic acids is 1. The lowest BCUT2D eigenvalue weighted by atomic mass is 9.81. The summed E-state index contributed by atoms with van der Waals surface area (Å²) in [6.07, 6.45) is 14.0. The van der Waals surface area contributed by atoms with Crippen molar-refractivity contribution in [1.82, 2.24) is 9.78 Å². The van der Waals surface area contributed by atoms with E-state index in [4.69, 9.17) is 11.6 Å². The topological polar surface area (TPSA) is 50.5 Å². The monoisotopic (exact) mass is 394 g/mol. The van der Waals surface area contributed by atoms with Gasteiger partial charge in [0.2, 0.25) is 5.91 Å². The van der Waals surface area contributed by atoms with Gasteiger partial charge in [0, 0.05) is 29.6 Å². The van der Waals surface area contributed by atoms with Crippen molar-refractivity contribution in [3.63, 3.8) is 0 Å². The highest BCUT2D eigenvalue weighted by Crippen LogP contribution is 2.46. The summed E-state index contributed by atoms with van der Waals surface area (Å²) in [4.78, 5) is 18.5. The Balaban J connectivity index is 2.24. The molecule has 0 spiro atoms. The average molecular weight is 395 g/mol. The van der Waals surface area contributed by atoms with Gasteiger partial charge in [-0.15, -0.1) is 0 Å². The first-order chi connectivity index (χ1) is 12.5. The normalized spacial score (nSPS) is 16.5. The molecule has 0 atom stereocenters. The first-order valence-corrected chi connectivity index (χ1v) is 10.5. The first-order valence-electron chi connectivity index (χ1n) is 8.86. The SMILES string of the molecule is C=N/C=C\C=C(/C)n1cc(N(CCC)C(=O)CC2(SC)CCC2)c(Cl)n1. The highest BCUT2D eigenvalue weighted by Gasteiger charge is 2.39. The third-order valence-electron chi connectivity index (χ3n) is 4.75. The molecule has 7 heteroatoms. The van der Waals surface area contributed by atoms with Crippen LogP contribution in [0.15, 0.2) is 29.5 Å². The molecule has 1 heterocycles. The molecule has 1 aromatic heterocycles. The fraction of sp³-hybridized carbons (Fsp3) is 0.526. The zero-order valence-electron chi connectivity index (χ0n) is 15.7. The van der Waals surface area contributed by atoms with Crippen LogP contribution in [0.25, 0.3) is 5.70 Å². The van der Waals surface area contributed by atoms with E-state index in [0.717, 1.165) is 25.0 Å². The van der Waals surface area contributed by atoms with Crippen LogP contribution in [0.4, 0.5) is 5.69 Å². The molecule has 1 saturated carbocycles. The predicted molar refractivity (Wildman–Crippen MR) is 113 cm³/mol. The Morgan fingerprint density at radius 1 is 1.58 bits per heavy atom. The van der Waals surface area contributed by atoms with Gasteiger partial charge in [-0.25, -0.2) is 4.68 Å². The Kier molecular flexibility index (Phi) is 7.53. The largest absolute Gasteiger partial charge is 0.308 e. The molecular weight excluding hydrogens is 368 g/mol. The molecule has 0 radical (unpaired) electrons. The van der Waals surface area contributed by atoms with Gasteiger partial charge in [0.1, 0.15) is 5.69 Å². The lowest BCUT2D eigenvalue weighted by molar-refractivity contribution is -0.119. The maximum Gasteiger partial charge on any atom is 0.228 e. The number of hydrogen-bond acceptors (Lipinski definition) is 4. The number of amides is 1. The van der Waals surface area contributed by atoms with Crippen molar-refractivity contribution in [1.29, 1.82) is 0 Å². The molecule has 1 aliphatic rings. The van der Waals surface area contributed by atoms with Gasteiger partial charge in [-0.05, 0) is 51.3 Å². The van der Waals surface area contributed by atoms with Crippen LogP contribution >= 0.6 is 23.4 Å². The van der Waals surface area contributed by atoms with Crippen LogP contribution in [0.1, 0.15) is 46.0 Å². The summed E-state index contributed by atoms with van der Waals surface area (Å²) in [5, 5.41) is 4.70. The van der Waals surface area contributed by atoms with Crippen molar-refractivity contribution < 1.29 is 4.79 Å². The zero-order valence-corrected chi connectivity index (χ0v) is 17.3. The molecule has 0 N–H and O–H groups in total. The Morgan fingerprint density at radius 3 is 2.85 bits per heavy atom. The minimum Gasteiger partial charge on any atom is -0.308 e. The maximum atomic E-state index is 13.0. The number of aromatic nitrogens is 2. The van der Waals surface area contributed by atoms with Gasteiger partial charge in [-0.1, -0.05) is 24.9 Å².